The number of aromatic amines is 1. The van der Waals surface area contributed by atoms with E-state index in [1.807, 2.05) is 84.9 Å². The molecule has 0 spiro atoms. The van der Waals surface area contributed by atoms with Crippen molar-refractivity contribution in [1.82, 2.24) is 29.7 Å². The van der Waals surface area contributed by atoms with E-state index in [9.17, 15) is 19.2 Å². The third-order valence-electron chi connectivity index (χ3n) is 11.0. The molecule has 3 N–H and O–H groups in total. The van der Waals surface area contributed by atoms with E-state index < -0.39 is 12.1 Å². The SMILES string of the molecule is O=C(Nc1ccc(-c2nc[nH]c2-c2ccc(NC(=O)[C@@H]3CCCN3C(=O)c3nc(Cl)cc4ccccc34)cc2)cc1)[C@@H]1CCCN1C(=O)c1nc(Cl)cc2ccccc12. The van der Waals surface area contributed by atoms with Crippen LogP contribution in [0.2, 0.25) is 10.3 Å². The number of hydrogen-bond acceptors (Lipinski definition) is 7. The summed E-state index contributed by atoms with van der Waals surface area (Å²) in [5.74, 6) is -1.20. The molecule has 2 saturated heterocycles. The molecule has 2 aliphatic heterocycles. The monoisotopic (exact) mass is 822 g/mol. The lowest BCUT2D eigenvalue weighted by Crippen LogP contribution is -2.43. The van der Waals surface area contributed by atoms with Gasteiger partial charge >= 0.3 is 0 Å². The second-order valence-corrected chi connectivity index (χ2v) is 15.4. The van der Waals surface area contributed by atoms with Gasteiger partial charge in [-0.05, 0) is 72.9 Å². The maximum atomic E-state index is 13.7. The summed E-state index contributed by atoms with van der Waals surface area (Å²) in [5, 5.41) is 9.40. The highest BCUT2D eigenvalue weighted by atomic mass is 35.5. The number of aromatic nitrogens is 4. The molecule has 14 heteroatoms. The summed E-state index contributed by atoms with van der Waals surface area (Å²) in [5.41, 5.74) is 4.78. The molecule has 12 nitrogen and oxygen atoms in total. The van der Waals surface area contributed by atoms with Gasteiger partial charge < -0.3 is 25.4 Å². The van der Waals surface area contributed by atoms with Crippen molar-refractivity contribution in [2.45, 2.75) is 37.8 Å². The van der Waals surface area contributed by atoms with E-state index in [0.29, 0.717) is 66.6 Å². The normalized spacial score (nSPS) is 16.4. The van der Waals surface area contributed by atoms with Gasteiger partial charge in [-0.2, -0.15) is 0 Å². The predicted octanol–water partition coefficient (Wildman–Crippen LogP) is 8.63. The molecule has 0 saturated carbocycles. The fraction of sp³-hybridized carbons (Fsp3) is 0.178. The number of hydrogen-bond donors (Lipinski definition) is 3. The summed E-state index contributed by atoms with van der Waals surface area (Å²) < 4.78 is 0. The number of fused-ring (bicyclic) bond motifs is 2. The molecule has 0 unspecified atom stereocenters. The number of likely N-dealkylation sites (tertiary alicyclic amines) is 2. The number of benzene rings is 4. The van der Waals surface area contributed by atoms with Crippen molar-refractivity contribution >= 4 is 79.8 Å². The Kier molecular flexibility index (Phi) is 10.3. The second kappa shape index (κ2) is 16.0. The predicted molar refractivity (Wildman–Crippen MR) is 228 cm³/mol. The molecule has 0 radical (unpaired) electrons. The highest BCUT2D eigenvalue weighted by Gasteiger charge is 2.37. The number of nitrogens with one attached hydrogen (secondary N) is 3. The number of carbonyl (C=O) groups excluding carboxylic acids is 4. The molecule has 3 aromatic heterocycles. The number of rotatable bonds is 8. The number of anilines is 2. The Bertz CT molecular complexity index is 2590. The summed E-state index contributed by atoms with van der Waals surface area (Å²) in [4.78, 5) is 74.2. The van der Waals surface area contributed by atoms with Gasteiger partial charge in [0.25, 0.3) is 11.8 Å². The number of H-pyrrole nitrogens is 1. The Morgan fingerprint density at radius 2 is 1.07 bits per heavy atom. The summed E-state index contributed by atoms with van der Waals surface area (Å²) in [6, 6.07) is 31.7. The summed E-state index contributed by atoms with van der Waals surface area (Å²) in [6.07, 6.45) is 4.07. The van der Waals surface area contributed by atoms with Gasteiger partial charge in [-0.15, -0.1) is 0 Å². The fourth-order valence-corrected chi connectivity index (χ4v) is 8.52. The number of halogens is 2. The van der Waals surface area contributed by atoms with Gasteiger partial charge in [0.15, 0.2) is 0 Å². The van der Waals surface area contributed by atoms with Gasteiger partial charge in [0.05, 0.1) is 17.7 Å². The number of amides is 4. The van der Waals surface area contributed by atoms with Gasteiger partial charge in [-0.1, -0.05) is 96.0 Å². The van der Waals surface area contributed by atoms with Crippen LogP contribution in [-0.4, -0.2) is 78.5 Å². The van der Waals surface area contributed by atoms with E-state index in [0.717, 1.165) is 27.6 Å². The minimum absolute atomic E-state index is 0.220. The van der Waals surface area contributed by atoms with Crippen LogP contribution in [0.4, 0.5) is 11.4 Å². The van der Waals surface area contributed by atoms with Crippen LogP contribution in [-0.2, 0) is 9.59 Å². The van der Waals surface area contributed by atoms with Crippen LogP contribution in [0, 0.1) is 0 Å². The number of pyridine rings is 2. The van der Waals surface area contributed by atoms with Gasteiger partial charge in [0, 0.05) is 46.4 Å². The average molecular weight is 824 g/mol. The molecule has 2 atom stereocenters. The zero-order valence-electron chi connectivity index (χ0n) is 31.5. The second-order valence-electron chi connectivity index (χ2n) is 14.6. The molecular formula is C45H36Cl2N8O4. The van der Waals surface area contributed by atoms with Crippen LogP contribution < -0.4 is 10.6 Å². The number of carbonyl (C=O) groups is 4. The lowest BCUT2D eigenvalue weighted by Gasteiger charge is -2.24. The van der Waals surface area contributed by atoms with Crippen molar-refractivity contribution in [3.05, 3.63) is 137 Å². The minimum atomic E-state index is -0.654. The molecule has 0 bridgehead atoms. The quantitative estimate of drug-likeness (QED) is 0.130. The van der Waals surface area contributed by atoms with E-state index in [4.69, 9.17) is 23.2 Å². The number of nitrogens with zero attached hydrogens (tertiary/aromatic N) is 5. The maximum absolute atomic E-state index is 13.7. The van der Waals surface area contributed by atoms with Gasteiger partial charge in [-0.3, -0.25) is 19.2 Å². The van der Waals surface area contributed by atoms with Crippen LogP contribution in [0.3, 0.4) is 0 Å². The van der Waals surface area contributed by atoms with Crippen molar-refractivity contribution in [1.29, 1.82) is 0 Å². The van der Waals surface area contributed by atoms with E-state index in [1.165, 1.54) is 0 Å². The highest BCUT2D eigenvalue weighted by Crippen LogP contribution is 2.32. The first-order valence-corrected chi connectivity index (χ1v) is 20.1. The molecular weight excluding hydrogens is 787 g/mol. The largest absolute Gasteiger partial charge is 0.344 e. The Morgan fingerprint density at radius 1 is 0.610 bits per heavy atom. The summed E-state index contributed by atoms with van der Waals surface area (Å²) >= 11 is 12.5. The summed E-state index contributed by atoms with van der Waals surface area (Å²) in [7, 11) is 0. The molecule has 294 valence electrons. The summed E-state index contributed by atoms with van der Waals surface area (Å²) in [6.45, 7) is 0.878. The maximum Gasteiger partial charge on any atom is 0.273 e. The minimum Gasteiger partial charge on any atom is -0.344 e. The van der Waals surface area contributed by atoms with Crippen molar-refractivity contribution in [3.8, 4) is 22.5 Å². The topological polar surface area (TPSA) is 153 Å². The molecule has 2 fully saturated rings. The third kappa shape index (κ3) is 7.48. The molecule has 2 aliphatic rings. The van der Waals surface area contributed by atoms with Gasteiger partial charge in [0.2, 0.25) is 11.8 Å². The zero-order valence-corrected chi connectivity index (χ0v) is 33.0. The average Bonchev–Trinajstić information content (AvgIpc) is 4.05. The smallest absolute Gasteiger partial charge is 0.273 e. The highest BCUT2D eigenvalue weighted by molar-refractivity contribution is 6.31. The Labute approximate surface area is 348 Å². The van der Waals surface area contributed by atoms with Gasteiger partial charge in [-0.25, -0.2) is 15.0 Å². The van der Waals surface area contributed by atoms with Crippen LogP contribution in [0.25, 0.3) is 44.1 Å². The van der Waals surface area contributed by atoms with Crippen molar-refractivity contribution < 1.29 is 19.2 Å². The first-order valence-electron chi connectivity index (χ1n) is 19.3. The van der Waals surface area contributed by atoms with E-state index in [2.05, 4.69) is 30.6 Å². The first kappa shape index (κ1) is 37.9. The zero-order chi connectivity index (χ0) is 40.6. The van der Waals surface area contributed by atoms with E-state index >= 15 is 0 Å². The number of imidazole rings is 1. The third-order valence-corrected chi connectivity index (χ3v) is 11.3. The first-order chi connectivity index (χ1) is 28.7. The van der Waals surface area contributed by atoms with Gasteiger partial charge in [0.1, 0.15) is 33.8 Å². The molecule has 7 aromatic rings. The molecule has 0 aliphatic carbocycles. The lowest BCUT2D eigenvalue weighted by atomic mass is 10.0. The van der Waals surface area contributed by atoms with E-state index in [1.54, 1.807) is 40.4 Å². The molecule has 59 heavy (non-hydrogen) atoms. The van der Waals surface area contributed by atoms with Crippen molar-refractivity contribution in [2.75, 3.05) is 23.7 Å². The van der Waals surface area contributed by atoms with Crippen molar-refractivity contribution in [3.63, 3.8) is 0 Å². The molecule has 9 rings (SSSR count). The lowest BCUT2D eigenvalue weighted by molar-refractivity contribution is -0.120. The van der Waals surface area contributed by atoms with Crippen LogP contribution >= 0.6 is 23.2 Å². The van der Waals surface area contributed by atoms with Crippen LogP contribution in [0.5, 0.6) is 0 Å². The molecule has 4 aromatic carbocycles. The van der Waals surface area contributed by atoms with Crippen LogP contribution in [0.15, 0.2) is 116 Å². The Morgan fingerprint density at radius 3 is 1.56 bits per heavy atom. The molecule has 5 heterocycles. The Hall–Kier alpha value is -6.63. The molecule has 4 amide bonds. The van der Waals surface area contributed by atoms with Crippen molar-refractivity contribution in [2.24, 2.45) is 0 Å². The van der Waals surface area contributed by atoms with E-state index in [-0.39, 0.29) is 45.3 Å². The van der Waals surface area contributed by atoms with Crippen LogP contribution in [0.1, 0.15) is 46.7 Å². The Balaban J connectivity index is 0.849. The standard InChI is InChI=1S/C45H36Cl2N8O4/c46-36-23-28-7-1-3-9-32(28)40(52-36)44(58)54-21-5-11-34(54)42(56)50-30-17-13-26(14-18-30)38-39(49-25-48-38)27-15-19-31(20-16-27)51-43(57)35-12-6-22-55(35)45(59)41-33-10-4-2-8-29(33)24-37(47)53-41/h1-4,7-10,13-20,23-25,34-35H,5-6,11-12,21-22H2,(H,48,49)(H,50,56)(H,51,57)/t34-,35-/m0/s1. The fourth-order valence-electron chi connectivity index (χ4n) is 8.11.